The first kappa shape index (κ1) is 14.6. The third-order valence-corrected chi connectivity index (χ3v) is 3.12. The predicted octanol–water partition coefficient (Wildman–Crippen LogP) is 4.12. The topological polar surface area (TPSA) is 25.8 Å². The van der Waals surface area contributed by atoms with Crippen molar-refractivity contribution in [1.82, 2.24) is 9.97 Å². The molecule has 0 unspecified atom stereocenters. The van der Waals surface area contributed by atoms with Crippen molar-refractivity contribution in [2.75, 3.05) is 0 Å². The fraction of sp³-hybridized carbons (Fsp3) is 0.0588. The maximum Gasteiger partial charge on any atom is 0.0889 e. The summed E-state index contributed by atoms with van der Waals surface area (Å²) in [5.74, 6) is 0. The quantitative estimate of drug-likeness (QED) is 0.602. The fourth-order valence-corrected chi connectivity index (χ4v) is 2.13. The minimum atomic E-state index is 0. The number of rotatable bonds is 2. The molecule has 20 heavy (non-hydrogen) atoms. The summed E-state index contributed by atoms with van der Waals surface area (Å²) in [5, 5.41) is 0. The van der Waals surface area contributed by atoms with Crippen molar-refractivity contribution in [3.63, 3.8) is 0 Å². The van der Waals surface area contributed by atoms with Crippen molar-refractivity contribution in [3.05, 3.63) is 72.6 Å². The van der Waals surface area contributed by atoms with E-state index >= 15 is 0 Å². The second-order valence-corrected chi connectivity index (χ2v) is 4.47. The first-order valence-corrected chi connectivity index (χ1v) is 6.28. The molecule has 0 spiro atoms. The molecule has 0 atom stereocenters. The Morgan fingerprint density at radius 2 is 1.55 bits per heavy atom. The monoisotopic (exact) mass is 439 g/mol. The van der Waals surface area contributed by atoms with Gasteiger partial charge in [-0.15, -0.1) is 0 Å². The van der Waals surface area contributed by atoms with Crippen LogP contribution in [0.15, 0.2) is 67.0 Å². The second kappa shape index (κ2) is 6.55. The van der Waals surface area contributed by atoms with E-state index < -0.39 is 0 Å². The SMILES string of the molecule is Cc1cc(-c2ccccn2)ncc1-c1ccccc1.[Ir]. The van der Waals surface area contributed by atoms with Crippen molar-refractivity contribution in [1.29, 1.82) is 0 Å². The Morgan fingerprint density at radius 1 is 0.800 bits per heavy atom. The van der Waals surface area contributed by atoms with Crippen LogP contribution < -0.4 is 0 Å². The number of benzene rings is 1. The third-order valence-electron chi connectivity index (χ3n) is 3.12. The molecule has 0 amide bonds. The van der Waals surface area contributed by atoms with Gasteiger partial charge in [-0.3, -0.25) is 9.97 Å². The Balaban J connectivity index is 0.00000147. The van der Waals surface area contributed by atoms with Crippen LogP contribution in [-0.4, -0.2) is 9.97 Å². The summed E-state index contributed by atoms with van der Waals surface area (Å²) in [4.78, 5) is 8.85. The normalized spacial score (nSPS) is 9.85. The maximum absolute atomic E-state index is 4.52. The standard InChI is InChI=1S/C17H14N2.Ir/c1-13-11-17(16-9-5-6-10-18-16)19-12-15(13)14-7-3-2-4-8-14;/h2-12H,1H3;. The molecular weight excluding hydrogens is 424 g/mol. The van der Waals surface area contributed by atoms with Crippen LogP contribution in [0.25, 0.3) is 22.5 Å². The van der Waals surface area contributed by atoms with Crippen LogP contribution in [0.1, 0.15) is 5.56 Å². The van der Waals surface area contributed by atoms with Gasteiger partial charge in [-0.05, 0) is 36.2 Å². The fourth-order valence-electron chi connectivity index (χ4n) is 2.13. The maximum atomic E-state index is 4.52. The van der Waals surface area contributed by atoms with E-state index in [0.29, 0.717) is 0 Å². The van der Waals surface area contributed by atoms with Crippen LogP contribution >= 0.6 is 0 Å². The first-order valence-electron chi connectivity index (χ1n) is 6.28. The van der Waals surface area contributed by atoms with E-state index in [0.717, 1.165) is 11.4 Å². The molecule has 0 bridgehead atoms. The zero-order valence-electron chi connectivity index (χ0n) is 11.1. The minimum Gasteiger partial charge on any atom is -0.255 e. The number of hydrogen-bond donors (Lipinski definition) is 0. The van der Waals surface area contributed by atoms with E-state index in [9.17, 15) is 0 Å². The molecule has 2 nitrogen and oxygen atoms in total. The molecule has 0 fully saturated rings. The van der Waals surface area contributed by atoms with E-state index in [1.165, 1.54) is 16.7 Å². The van der Waals surface area contributed by atoms with Gasteiger partial charge >= 0.3 is 0 Å². The summed E-state index contributed by atoms with van der Waals surface area (Å²) in [7, 11) is 0. The Labute approximate surface area is 132 Å². The Bertz CT molecular complexity index is 682. The van der Waals surface area contributed by atoms with Crippen LogP contribution in [-0.2, 0) is 20.1 Å². The van der Waals surface area contributed by atoms with Gasteiger partial charge in [-0.1, -0.05) is 36.4 Å². The summed E-state index contributed by atoms with van der Waals surface area (Å²) in [6, 6.07) is 18.3. The van der Waals surface area contributed by atoms with E-state index in [1.54, 1.807) is 6.20 Å². The number of hydrogen-bond acceptors (Lipinski definition) is 2. The number of aromatic nitrogens is 2. The predicted molar refractivity (Wildman–Crippen MR) is 77.6 cm³/mol. The molecule has 101 valence electrons. The molecule has 3 heteroatoms. The summed E-state index contributed by atoms with van der Waals surface area (Å²) in [6.07, 6.45) is 3.71. The van der Waals surface area contributed by atoms with Gasteiger partial charge in [0.1, 0.15) is 0 Å². The van der Waals surface area contributed by atoms with E-state index in [1.807, 2.05) is 42.6 Å². The van der Waals surface area contributed by atoms with Crippen molar-refractivity contribution in [2.45, 2.75) is 6.92 Å². The summed E-state index contributed by atoms with van der Waals surface area (Å²) in [6.45, 7) is 2.11. The van der Waals surface area contributed by atoms with E-state index in [2.05, 4.69) is 35.1 Å². The zero-order chi connectivity index (χ0) is 13.1. The van der Waals surface area contributed by atoms with Gasteiger partial charge in [-0.25, -0.2) is 0 Å². The van der Waals surface area contributed by atoms with Gasteiger partial charge in [0.15, 0.2) is 0 Å². The van der Waals surface area contributed by atoms with Crippen LogP contribution in [0.5, 0.6) is 0 Å². The Morgan fingerprint density at radius 3 is 2.20 bits per heavy atom. The number of aryl methyl sites for hydroxylation is 1. The average molecular weight is 439 g/mol. The molecule has 0 aliphatic carbocycles. The molecule has 3 aromatic rings. The molecular formula is C17H14IrN2. The van der Waals surface area contributed by atoms with Gasteiger partial charge in [0, 0.05) is 38.1 Å². The van der Waals surface area contributed by atoms with E-state index in [4.69, 9.17) is 0 Å². The van der Waals surface area contributed by atoms with Crippen LogP contribution in [0.4, 0.5) is 0 Å². The minimum absolute atomic E-state index is 0. The van der Waals surface area contributed by atoms with E-state index in [-0.39, 0.29) is 20.1 Å². The van der Waals surface area contributed by atoms with Gasteiger partial charge in [0.05, 0.1) is 11.4 Å². The van der Waals surface area contributed by atoms with Gasteiger partial charge in [0.25, 0.3) is 0 Å². The largest absolute Gasteiger partial charge is 0.255 e. The van der Waals surface area contributed by atoms with Gasteiger partial charge in [0.2, 0.25) is 0 Å². The molecule has 2 aromatic heterocycles. The molecule has 2 heterocycles. The zero-order valence-corrected chi connectivity index (χ0v) is 13.5. The van der Waals surface area contributed by atoms with Crippen molar-refractivity contribution in [3.8, 4) is 22.5 Å². The molecule has 0 N–H and O–H groups in total. The Hall–Kier alpha value is -1.83. The van der Waals surface area contributed by atoms with Gasteiger partial charge in [-0.2, -0.15) is 0 Å². The molecule has 3 rings (SSSR count). The molecule has 0 saturated carbocycles. The molecule has 1 radical (unpaired) electrons. The smallest absolute Gasteiger partial charge is 0.0889 e. The summed E-state index contributed by atoms with van der Waals surface area (Å²) < 4.78 is 0. The Kier molecular flexibility index (Phi) is 4.78. The van der Waals surface area contributed by atoms with Crippen molar-refractivity contribution >= 4 is 0 Å². The van der Waals surface area contributed by atoms with Crippen LogP contribution in [0.3, 0.4) is 0 Å². The number of nitrogens with zero attached hydrogens (tertiary/aromatic N) is 2. The first-order chi connectivity index (χ1) is 9.34. The van der Waals surface area contributed by atoms with Crippen molar-refractivity contribution < 1.29 is 20.1 Å². The number of pyridine rings is 2. The molecule has 0 aliphatic rings. The van der Waals surface area contributed by atoms with Crippen molar-refractivity contribution in [2.24, 2.45) is 0 Å². The summed E-state index contributed by atoms with van der Waals surface area (Å²) >= 11 is 0. The molecule has 0 saturated heterocycles. The van der Waals surface area contributed by atoms with Gasteiger partial charge < -0.3 is 0 Å². The van der Waals surface area contributed by atoms with Crippen LogP contribution in [0.2, 0.25) is 0 Å². The average Bonchev–Trinajstić information content (AvgIpc) is 2.49. The second-order valence-electron chi connectivity index (χ2n) is 4.47. The van der Waals surface area contributed by atoms with Crippen LogP contribution in [0, 0.1) is 6.92 Å². The summed E-state index contributed by atoms with van der Waals surface area (Å²) in [5.41, 5.74) is 5.39. The molecule has 1 aromatic carbocycles. The molecule has 0 aliphatic heterocycles. The third kappa shape index (κ3) is 3.01.